The van der Waals surface area contributed by atoms with Crippen molar-refractivity contribution in [3.05, 3.63) is 86.5 Å². The third-order valence-electron chi connectivity index (χ3n) is 7.58. The molecule has 0 aliphatic heterocycles. The van der Waals surface area contributed by atoms with Gasteiger partial charge in [-0.05, 0) is 94.1 Å². The van der Waals surface area contributed by atoms with Gasteiger partial charge in [-0.25, -0.2) is 9.37 Å². The van der Waals surface area contributed by atoms with Crippen molar-refractivity contribution in [3.8, 4) is 0 Å². The van der Waals surface area contributed by atoms with E-state index in [1.807, 2.05) is 6.92 Å². The van der Waals surface area contributed by atoms with Crippen molar-refractivity contribution in [2.75, 3.05) is 0 Å². The van der Waals surface area contributed by atoms with E-state index in [9.17, 15) is 22.4 Å². The predicted octanol–water partition coefficient (Wildman–Crippen LogP) is 6.80. The van der Waals surface area contributed by atoms with Crippen molar-refractivity contribution in [1.29, 1.82) is 0 Å². The summed E-state index contributed by atoms with van der Waals surface area (Å²) in [6, 6.07) is 3.92. The van der Waals surface area contributed by atoms with Crippen LogP contribution in [0, 0.1) is 12.8 Å². The second-order valence-corrected chi connectivity index (χ2v) is 10.0. The molecule has 0 unspecified atom stereocenters. The van der Waals surface area contributed by atoms with Gasteiger partial charge in [-0.1, -0.05) is 5.57 Å². The van der Waals surface area contributed by atoms with Crippen molar-refractivity contribution in [1.82, 2.24) is 19.5 Å². The van der Waals surface area contributed by atoms with Crippen LogP contribution in [0.1, 0.15) is 73.9 Å². The maximum atomic E-state index is 14.6. The second kappa shape index (κ2) is 9.84. The average molecular weight is 513 g/mol. The molecule has 0 spiro atoms. The fourth-order valence-electron chi connectivity index (χ4n) is 5.75. The Morgan fingerprint density at radius 1 is 1.08 bits per heavy atom. The van der Waals surface area contributed by atoms with Gasteiger partial charge >= 0.3 is 6.18 Å². The van der Waals surface area contributed by atoms with E-state index in [0.29, 0.717) is 29.6 Å². The van der Waals surface area contributed by atoms with Gasteiger partial charge in [0.25, 0.3) is 5.56 Å². The van der Waals surface area contributed by atoms with Gasteiger partial charge in [-0.15, -0.1) is 0 Å². The molecular weight excluding hydrogens is 484 g/mol. The molecule has 9 heteroatoms. The number of alkyl halides is 3. The first-order valence-electron chi connectivity index (χ1n) is 12.6. The van der Waals surface area contributed by atoms with Crippen LogP contribution in [0.3, 0.4) is 0 Å². The number of nitrogens with zero attached hydrogens (tertiary/aromatic N) is 4. The van der Waals surface area contributed by atoms with Gasteiger partial charge in [0.05, 0.1) is 23.5 Å². The van der Waals surface area contributed by atoms with E-state index >= 15 is 0 Å². The summed E-state index contributed by atoms with van der Waals surface area (Å²) in [4.78, 5) is 26.6. The van der Waals surface area contributed by atoms with Crippen molar-refractivity contribution in [2.24, 2.45) is 5.92 Å². The van der Waals surface area contributed by atoms with Gasteiger partial charge in [0.2, 0.25) is 0 Å². The molecule has 3 aromatic heterocycles. The first kappa shape index (κ1) is 25.3. The summed E-state index contributed by atoms with van der Waals surface area (Å²) in [5.41, 5.74) is 2.15. The van der Waals surface area contributed by atoms with Crippen LogP contribution in [0.15, 0.2) is 58.4 Å². The molecule has 1 fully saturated rings. The Bertz CT molecular complexity index is 1460. The van der Waals surface area contributed by atoms with Crippen molar-refractivity contribution in [3.63, 3.8) is 0 Å². The van der Waals surface area contributed by atoms with Crippen LogP contribution >= 0.6 is 0 Å². The number of halogens is 4. The van der Waals surface area contributed by atoms with E-state index in [-0.39, 0.29) is 41.1 Å². The quantitative estimate of drug-likeness (QED) is 0.361. The lowest BCUT2D eigenvalue weighted by Gasteiger charge is -2.32. The van der Waals surface area contributed by atoms with Gasteiger partial charge < -0.3 is 0 Å². The SMILES string of the molecule is CC1=C(C2CCC(c3cc4ncc(C)nc4n(Cc4ncccc4C(F)(F)F)c3=O)CC2)C(F)=CCC1. The Kier molecular flexibility index (Phi) is 6.72. The van der Waals surface area contributed by atoms with E-state index in [1.54, 1.807) is 25.3 Å². The molecule has 5 nitrogen and oxygen atoms in total. The standard InChI is InChI=1S/C28H28F4N4O/c1-16-5-3-7-22(29)25(16)19-10-8-18(9-11-19)20-13-23-26(35-17(2)14-34-23)36(27(20)37)15-24-21(28(30,31)32)6-4-12-33-24/h4,6-7,12-14,18-19H,3,5,8-11,15H2,1-2H3. The zero-order chi connectivity index (χ0) is 26.3. The smallest absolute Gasteiger partial charge is 0.285 e. The molecule has 1 saturated carbocycles. The molecule has 194 valence electrons. The number of rotatable bonds is 4. The number of hydrogen-bond donors (Lipinski definition) is 0. The number of aromatic nitrogens is 4. The van der Waals surface area contributed by atoms with E-state index in [4.69, 9.17) is 0 Å². The predicted molar refractivity (Wildman–Crippen MR) is 133 cm³/mol. The molecule has 37 heavy (non-hydrogen) atoms. The molecule has 0 saturated heterocycles. The Hall–Kier alpha value is -3.36. The topological polar surface area (TPSA) is 60.7 Å². The molecular formula is C28H28F4N4O. The molecule has 3 heterocycles. The summed E-state index contributed by atoms with van der Waals surface area (Å²) < 4.78 is 56.8. The van der Waals surface area contributed by atoms with Crippen LogP contribution in [-0.4, -0.2) is 19.5 Å². The lowest BCUT2D eigenvalue weighted by atomic mass is 9.74. The molecule has 0 atom stereocenters. The summed E-state index contributed by atoms with van der Waals surface area (Å²) in [7, 11) is 0. The van der Waals surface area contributed by atoms with E-state index in [1.165, 1.54) is 16.8 Å². The summed E-state index contributed by atoms with van der Waals surface area (Å²) in [6.45, 7) is 3.34. The monoisotopic (exact) mass is 512 g/mol. The summed E-state index contributed by atoms with van der Waals surface area (Å²) in [6.07, 6.45) is 4.37. The molecule has 0 N–H and O–H groups in total. The van der Waals surface area contributed by atoms with Gasteiger partial charge in [-0.2, -0.15) is 13.2 Å². The van der Waals surface area contributed by atoms with Crippen molar-refractivity contribution < 1.29 is 17.6 Å². The molecule has 0 radical (unpaired) electrons. The third kappa shape index (κ3) is 4.95. The molecule has 0 amide bonds. The minimum Gasteiger partial charge on any atom is -0.285 e. The van der Waals surface area contributed by atoms with Crippen LogP contribution in [0.4, 0.5) is 17.6 Å². The van der Waals surface area contributed by atoms with Crippen LogP contribution in [0.5, 0.6) is 0 Å². The molecule has 2 aliphatic carbocycles. The summed E-state index contributed by atoms with van der Waals surface area (Å²) in [5.74, 6) is -0.104. The zero-order valence-electron chi connectivity index (χ0n) is 20.8. The normalized spacial score (nSPS) is 20.9. The molecule has 0 aromatic carbocycles. The minimum absolute atomic E-state index is 0.0927. The number of fused-ring (bicyclic) bond motifs is 1. The van der Waals surface area contributed by atoms with Crippen LogP contribution in [-0.2, 0) is 12.7 Å². The molecule has 3 aromatic rings. The molecule has 5 rings (SSSR count). The number of pyridine rings is 2. The third-order valence-corrected chi connectivity index (χ3v) is 7.58. The zero-order valence-corrected chi connectivity index (χ0v) is 20.8. The van der Waals surface area contributed by atoms with Crippen molar-refractivity contribution >= 4 is 11.2 Å². The van der Waals surface area contributed by atoms with Crippen LogP contribution in [0.25, 0.3) is 11.2 Å². The lowest BCUT2D eigenvalue weighted by Crippen LogP contribution is -2.30. The van der Waals surface area contributed by atoms with Crippen LogP contribution in [0.2, 0.25) is 0 Å². The van der Waals surface area contributed by atoms with E-state index < -0.39 is 11.7 Å². The number of allylic oxidation sites excluding steroid dienone is 4. The van der Waals surface area contributed by atoms with E-state index in [0.717, 1.165) is 42.9 Å². The first-order valence-corrected chi connectivity index (χ1v) is 12.6. The van der Waals surface area contributed by atoms with Crippen LogP contribution < -0.4 is 5.56 Å². The largest absolute Gasteiger partial charge is 0.418 e. The first-order chi connectivity index (χ1) is 17.6. The Labute approximate surface area is 212 Å². The highest BCUT2D eigenvalue weighted by Gasteiger charge is 2.35. The molecule has 0 bridgehead atoms. The summed E-state index contributed by atoms with van der Waals surface area (Å²) >= 11 is 0. The lowest BCUT2D eigenvalue weighted by molar-refractivity contribution is -0.138. The maximum absolute atomic E-state index is 14.6. The van der Waals surface area contributed by atoms with Crippen molar-refractivity contribution in [2.45, 2.75) is 71.0 Å². The highest BCUT2D eigenvalue weighted by Crippen LogP contribution is 2.43. The number of aryl methyl sites for hydroxylation is 1. The minimum atomic E-state index is -4.60. The van der Waals surface area contributed by atoms with Gasteiger partial charge in [0.1, 0.15) is 11.3 Å². The number of hydrogen-bond acceptors (Lipinski definition) is 4. The summed E-state index contributed by atoms with van der Waals surface area (Å²) in [5, 5.41) is 0. The highest BCUT2D eigenvalue weighted by molar-refractivity contribution is 5.71. The highest BCUT2D eigenvalue weighted by atomic mass is 19.4. The van der Waals surface area contributed by atoms with E-state index in [2.05, 4.69) is 15.0 Å². The van der Waals surface area contributed by atoms with Gasteiger partial charge in [0, 0.05) is 18.0 Å². The maximum Gasteiger partial charge on any atom is 0.418 e. The van der Waals surface area contributed by atoms with Gasteiger partial charge in [0.15, 0.2) is 5.65 Å². The average Bonchev–Trinajstić information content (AvgIpc) is 2.86. The fourth-order valence-corrected chi connectivity index (χ4v) is 5.75. The Morgan fingerprint density at radius 2 is 1.81 bits per heavy atom. The molecule has 2 aliphatic rings. The Balaban J connectivity index is 1.52. The second-order valence-electron chi connectivity index (χ2n) is 10.0. The fraction of sp³-hybridized carbons (Fsp3) is 0.429. The Morgan fingerprint density at radius 3 is 2.51 bits per heavy atom. The van der Waals surface area contributed by atoms with Gasteiger partial charge in [-0.3, -0.25) is 19.3 Å².